The smallest absolute Gasteiger partial charge is 0.233 e. The van der Waals surface area contributed by atoms with Gasteiger partial charge in [0.25, 0.3) is 0 Å². The Balaban J connectivity index is 1.92. The maximum atomic E-state index is 12.3. The number of H-pyrrole nitrogens is 1. The van der Waals surface area contributed by atoms with Crippen LogP contribution in [0.15, 0.2) is 35.5 Å². The highest BCUT2D eigenvalue weighted by molar-refractivity contribution is 7.99. The van der Waals surface area contributed by atoms with Crippen molar-refractivity contribution in [3.63, 3.8) is 0 Å². The summed E-state index contributed by atoms with van der Waals surface area (Å²) in [6.07, 6.45) is 3.85. The van der Waals surface area contributed by atoms with Crippen molar-refractivity contribution in [2.45, 2.75) is 44.9 Å². The molecule has 0 spiro atoms. The predicted octanol–water partition coefficient (Wildman–Crippen LogP) is 3.71. The van der Waals surface area contributed by atoms with Crippen molar-refractivity contribution < 1.29 is 4.79 Å². The lowest BCUT2D eigenvalue weighted by atomic mass is 10.2. The Morgan fingerprint density at radius 1 is 1.17 bits per heavy atom. The second kappa shape index (κ2) is 8.68. The normalized spacial score (nSPS) is 11.6. The lowest BCUT2D eigenvalue weighted by molar-refractivity contribution is -0.131. The van der Waals surface area contributed by atoms with Crippen LogP contribution < -0.4 is 0 Å². The van der Waals surface area contributed by atoms with E-state index in [1.54, 1.807) is 0 Å². The summed E-state index contributed by atoms with van der Waals surface area (Å²) in [4.78, 5) is 18.6. The molecule has 1 aromatic heterocycles. The van der Waals surface area contributed by atoms with Gasteiger partial charge in [-0.3, -0.25) is 9.89 Å². The predicted molar refractivity (Wildman–Crippen MR) is 99.6 cm³/mol. The number of nitrogens with one attached hydrogen (secondary N) is 1. The highest BCUT2D eigenvalue weighted by atomic mass is 32.2. The van der Waals surface area contributed by atoms with Crippen LogP contribution in [-0.4, -0.2) is 43.8 Å². The molecule has 0 aliphatic carbocycles. The number of hydrogen-bond acceptors (Lipinski definition) is 4. The van der Waals surface area contributed by atoms with Gasteiger partial charge in [0, 0.05) is 12.1 Å². The zero-order valence-corrected chi connectivity index (χ0v) is 15.4. The van der Waals surface area contributed by atoms with E-state index in [1.807, 2.05) is 75.1 Å². The SMILES string of the molecule is CC(C)N(C(=O)CSc1n[nH]c(/C=C/c2ccccc2)n1)C(C)C. The molecule has 0 fully saturated rings. The lowest BCUT2D eigenvalue weighted by Gasteiger charge is -2.30. The van der Waals surface area contributed by atoms with E-state index in [4.69, 9.17) is 0 Å². The average Bonchev–Trinajstić information content (AvgIpc) is 2.99. The van der Waals surface area contributed by atoms with E-state index in [-0.39, 0.29) is 18.0 Å². The summed E-state index contributed by atoms with van der Waals surface area (Å²) in [5.74, 6) is 1.13. The molecule has 1 N–H and O–H groups in total. The summed E-state index contributed by atoms with van der Waals surface area (Å²) in [6, 6.07) is 10.4. The topological polar surface area (TPSA) is 61.9 Å². The van der Waals surface area contributed by atoms with Crippen molar-refractivity contribution in [2.24, 2.45) is 0 Å². The van der Waals surface area contributed by atoms with Gasteiger partial charge in [0.05, 0.1) is 5.75 Å². The number of carbonyl (C=O) groups excluding carboxylic acids is 1. The number of nitrogens with zero attached hydrogens (tertiary/aromatic N) is 3. The third-order valence-electron chi connectivity index (χ3n) is 3.44. The van der Waals surface area contributed by atoms with Crippen LogP contribution >= 0.6 is 11.8 Å². The molecule has 0 radical (unpaired) electrons. The zero-order chi connectivity index (χ0) is 17.5. The Kier molecular flexibility index (Phi) is 6.61. The molecule has 128 valence electrons. The number of aromatic amines is 1. The van der Waals surface area contributed by atoms with E-state index in [0.717, 1.165) is 5.56 Å². The Morgan fingerprint density at radius 3 is 2.46 bits per heavy atom. The molecule has 0 bridgehead atoms. The van der Waals surface area contributed by atoms with E-state index >= 15 is 0 Å². The van der Waals surface area contributed by atoms with Gasteiger partial charge >= 0.3 is 0 Å². The zero-order valence-electron chi connectivity index (χ0n) is 14.6. The van der Waals surface area contributed by atoms with Crippen molar-refractivity contribution in [3.05, 3.63) is 41.7 Å². The molecule has 0 saturated heterocycles. The Bertz CT molecular complexity index is 671. The van der Waals surface area contributed by atoms with E-state index in [9.17, 15) is 4.79 Å². The largest absolute Gasteiger partial charge is 0.337 e. The van der Waals surface area contributed by atoms with Gasteiger partial charge in [0.2, 0.25) is 11.1 Å². The van der Waals surface area contributed by atoms with Gasteiger partial charge in [0.1, 0.15) is 5.82 Å². The van der Waals surface area contributed by atoms with Crippen molar-refractivity contribution >= 4 is 29.8 Å². The summed E-state index contributed by atoms with van der Waals surface area (Å²) in [6.45, 7) is 8.12. The van der Waals surface area contributed by atoms with Gasteiger partial charge in [-0.2, -0.15) is 0 Å². The fraction of sp³-hybridized carbons (Fsp3) is 0.389. The number of benzene rings is 1. The first kappa shape index (κ1) is 18.3. The molecule has 0 aliphatic heterocycles. The van der Waals surface area contributed by atoms with Crippen LogP contribution in [0.5, 0.6) is 0 Å². The molecule has 0 atom stereocenters. The molecule has 5 nitrogen and oxygen atoms in total. The molecular weight excluding hydrogens is 320 g/mol. The number of aromatic nitrogens is 3. The van der Waals surface area contributed by atoms with Gasteiger partial charge in [-0.05, 0) is 39.3 Å². The van der Waals surface area contributed by atoms with E-state index < -0.39 is 0 Å². The fourth-order valence-corrected chi connectivity index (χ4v) is 3.18. The van der Waals surface area contributed by atoms with Crippen LogP contribution in [-0.2, 0) is 4.79 Å². The Labute approximate surface area is 147 Å². The van der Waals surface area contributed by atoms with Gasteiger partial charge in [-0.1, -0.05) is 48.2 Å². The summed E-state index contributed by atoms with van der Waals surface area (Å²) in [5.41, 5.74) is 1.10. The van der Waals surface area contributed by atoms with Crippen LogP contribution in [0.3, 0.4) is 0 Å². The van der Waals surface area contributed by atoms with E-state index in [0.29, 0.717) is 16.7 Å². The number of carbonyl (C=O) groups is 1. The number of amides is 1. The van der Waals surface area contributed by atoms with Crippen molar-refractivity contribution in [3.8, 4) is 0 Å². The molecule has 0 aliphatic rings. The number of hydrogen-bond donors (Lipinski definition) is 1. The first-order valence-corrected chi connectivity index (χ1v) is 9.05. The monoisotopic (exact) mass is 344 g/mol. The number of rotatable bonds is 7. The van der Waals surface area contributed by atoms with Crippen LogP contribution in [0.1, 0.15) is 39.1 Å². The molecule has 0 unspecified atom stereocenters. The number of thioether (sulfide) groups is 1. The second-order valence-electron chi connectivity index (χ2n) is 6.02. The van der Waals surface area contributed by atoms with Crippen LogP contribution in [0, 0.1) is 0 Å². The molecule has 6 heteroatoms. The first-order chi connectivity index (χ1) is 11.5. The van der Waals surface area contributed by atoms with Crippen LogP contribution in [0.25, 0.3) is 12.2 Å². The molecule has 0 saturated carbocycles. The first-order valence-electron chi connectivity index (χ1n) is 8.07. The molecule has 2 aromatic rings. The minimum absolute atomic E-state index is 0.108. The fourth-order valence-electron chi connectivity index (χ4n) is 2.51. The minimum Gasteiger partial charge on any atom is -0.337 e. The average molecular weight is 344 g/mol. The van der Waals surface area contributed by atoms with Gasteiger partial charge < -0.3 is 4.90 Å². The quantitative estimate of drug-likeness (QED) is 0.778. The highest BCUT2D eigenvalue weighted by Gasteiger charge is 2.20. The molecule has 2 rings (SSSR count). The Hall–Kier alpha value is -2.08. The van der Waals surface area contributed by atoms with Crippen LogP contribution in [0.2, 0.25) is 0 Å². The lowest BCUT2D eigenvalue weighted by Crippen LogP contribution is -2.43. The second-order valence-corrected chi connectivity index (χ2v) is 6.97. The third kappa shape index (κ3) is 5.23. The summed E-state index contributed by atoms with van der Waals surface area (Å²) in [5, 5.41) is 7.62. The van der Waals surface area contributed by atoms with Gasteiger partial charge in [0.15, 0.2) is 0 Å². The van der Waals surface area contributed by atoms with Crippen molar-refractivity contribution in [2.75, 3.05) is 5.75 Å². The maximum Gasteiger partial charge on any atom is 0.233 e. The standard InChI is InChI=1S/C18H24N4OS/c1-13(2)22(14(3)4)17(23)12-24-18-19-16(20-21-18)11-10-15-8-6-5-7-9-15/h5-11,13-14H,12H2,1-4H3,(H,19,20,21)/b11-10+. The summed E-state index contributed by atoms with van der Waals surface area (Å²) >= 11 is 1.36. The van der Waals surface area contributed by atoms with Crippen molar-refractivity contribution in [1.82, 2.24) is 20.1 Å². The van der Waals surface area contributed by atoms with E-state index in [1.165, 1.54) is 11.8 Å². The summed E-state index contributed by atoms with van der Waals surface area (Å²) in [7, 11) is 0. The Morgan fingerprint density at radius 2 is 1.83 bits per heavy atom. The highest BCUT2D eigenvalue weighted by Crippen LogP contribution is 2.16. The minimum atomic E-state index is 0.108. The summed E-state index contributed by atoms with van der Waals surface area (Å²) < 4.78 is 0. The van der Waals surface area contributed by atoms with Gasteiger partial charge in [-0.15, -0.1) is 5.10 Å². The van der Waals surface area contributed by atoms with E-state index in [2.05, 4.69) is 15.2 Å². The molecule has 1 aromatic carbocycles. The maximum absolute atomic E-state index is 12.3. The van der Waals surface area contributed by atoms with Gasteiger partial charge in [-0.25, -0.2) is 4.98 Å². The molecule has 24 heavy (non-hydrogen) atoms. The third-order valence-corrected chi connectivity index (χ3v) is 4.27. The molecular formula is C18H24N4OS. The molecule has 1 amide bonds. The molecule has 1 heterocycles. The van der Waals surface area contributed by atoms with Crippen LogP contribution in [0.4, 0.5) is 0 Å². The van der Waals surface area contributed by atoms with Crippen molar-refractivity contribution in [1.29, 1.82) is 0 Å².